The highest BCUT2D eigenvalue weighted by atomic mass is 19.4. The summed E-state index contributed by atoms with van der Waals surface area (Å²) in [6, 6.07) is 13.6. The van der Waals surface area contributed by atoms with E-state index >= 15 is 0 Å². The highest BCUT2D eigenvalue weighted by Gasteiger charge is 2.35. The summed E-state index contributed by atoms with van der Waals surface area (Å²) in [5.41, 5.74) is 0.787. The van der Waals surface area contributed by atoms with Crippen molar-refractivity contribution in [3.05, 3.63) is 97.0 Å². The molecule has 0 saturated carbocycles. The van der Waals surface area contributed by atoms with Gasteiger partial charge in [-0.05, 0) is 48.5 Å². The summed E-state index contributed by atoms with van der Waals surface area (Å²) in [4.78, 5) is 24.1. The number of aromatic nitrogens is 5. The molecule has 0 aliphatic rings. The van der Waals surface area contributed by atoms with Gasteiger partial charge in [0.25, 0.3) is 5.91 Å². The van der Waals surface area contributed by atoms with Gasteiger partial charge in [0.05, 0.1) is 16.8 Å². The van der Waals surface area contributed by atoms with E-state index in [9.17, 15) is 18.0 Å². The maximum Gasteiger partial charge on any atom is 0.435 e. The van der Waals surface area contributed by atoms with Gasteiger partial charge in [-0.2, -0.15) is 18.3 Å². The van der Waals surface area contributed by atoms with Crippen LogP contribution >= 0.6 is 0 Å². The zero-order valence-electron chi connectivity index (χ0n) is 17.8. The molecule has 0 fully saturated rings. The fourth-order valence-electron chi connectivity index (χ4n) is 3.34. The van der Waals surface area contributed by atoms with Gasteiger partial charge in [-0.1, -0.05) is 0 Å². The Labute approximate surface area is 196 Å². The predicted octanol–water partition coefficient (Wildman–Crippen LogP) is 5.26. The van der Waals surface area contributed by atoms with Crippen LogP contribution in [0, 0.1) is 0 Å². The quantitative estimate of drug-likeness (QED) is 0.372. The average molecular weight is 476 g/mol. The molecule has 0 saturated heterocycles. The molecule has 0 spiro atoms. The van der Waals surface area contributed by atoms with Gasteiger partial charge >= 0.3 is 6.18 Å². The largest absolute Gasteiger partial charge is 0.454 e. The third-order valence-corrected chi connectivity index (χ3v) is 5.00. The van der Waals surface area contributed by atoms with Gasteiger partial charge in [-0.15, -0.1) is 0 Å². The molecule has 1 aromatic carbocycles. The van der Waals surface area contributed by atoms with Crippen molar-refractivity contribution in [1.29, 1.82) is 0 Å². The van der Waals surface area contributed by atoms with Gasteiger partial charge in [0.15, 0.2) is 11.5 Å². The maximum atomic E-state index is 13.5. The number of nitrogens with one attached hydrogen (secondary N) is 1. The lowest BCUT2D eigenvalue weighted by molar-refractivity contribution is -0.141. The number of hydrogen-bond acceptors (Lipinski definition) is 6. The number of amides is 1. The normalized spacial score (nSPS) is 11.4. The number of anilines is 1. The molecule has 0 atom stereocenters. The summed E-state index contributed by atoms with van der Waals surface area (Å²) in [5.74, 6) is 0.217. The van der Waals surface area contributed by atoms with Crippen LogP contribution < -0.4 is 5.32 Å². The lowest BCUT2D eigenvalue weighted by Crippen LogP contribution is -2.12. The number of alkyl halides is 3. The molecule has 0 aliphatic heterocycles. The molecular formula is C24H15F3N6O2. The summed E-state index contributed by atoms with van der Waals surface area (Å²) in [5, 5.41) is 6.47. The minimum absolute atomic E-state index is 0.104. The highest BCUT2D eigenvalue weighted by Crippen LogP contribution is 2.35. The van der Waals surface area contributed by atoms with E-state index in [4.69, 9.17) is 4.42 Å². The molecule has 1 N–H and O–H groups in total. The molecule has 35 heavy (non-hydrogen) atoms. The Kier molecular flexibility index (Phi) is 5.57. The molecular weight excluding hydrogens is 461 g/mol. The molecule has 4 aromatic heterocycles. The fourth-order valence-corrected chi connectivity index (χ4v) is 3.34. The second kappa shape index (κ2) is 8.86. The van der Waals surface area contributed by atoms with Gasteiger partial charge in [0, 0.05) is 36.5 Å². The molecule has 0 aliphatic carbocycles. The molecule has 1 amide bonds. The van der Waals surface area contributed by atoms with Crippen LogP contribution in [0.5, 0.6) is 0 Å². The van der Waals surface area contributed by atoms with Crippen molar-refractivity contribution in [1.82, 2.24) is 24.7 Å². The Hall–Kier alpha value is -4.80. The van der Waals surface area contributed by atoms with Crippen LogP contribution in [-0.2, 0) is 6.18 Å². The first-order valence-electron chi connectivity index (χ1n) is 10.2. The van der Waals surface area contributed by atoms with Crippen molar-refractivity contribution >= 4 is 11.6 Å². The highest BCUT2D eigenvalue weighted by molar-refractivity contribution is 6.04. The number of hydrogen-bond donors (Lipinski definition) is 1. The van der Waals surface area contributed by atoms with E-state index in [1.807, 2.05) is 0 Å². The molecule has 0 radical (unpaired) electrons. The summed E-state index contributed by atoms with van der Waals surface area (Å²) in [6.45, 7) is 0. The van der Waals surface area contributed by atoms with Crippen molar-refractivity contribution in [3.63, 3.8) is 0 Å². The molecule has 5 rings (SSSR count). The summed E-state index contributed by atoms with van der Waals surface area (Å²) in [7, 11) is 0. The zero-order valence-corrected chi connectivity index (χ0v) is 17.8. The maximum absolute atomic E-state index is 13.5. The van der Waals surface area contributed by atoms with Gasteiger partial charge < -0.3 is 9.73 Å². The van der Waals surface area contributed by atoms with Crippen LogP contribution in [0.25, 0.3) is 28.5 Å². The van der Waals surface area contributed by atoms with Crippen LogP contribution in [0.1, 0.15) is 16.1 Å². The standard InChI is InChI=1S/C24H15F3N6O2/c25-24(26,27)22-10-19(21-8-7-20(35-21)16-12-29-14-30-13-16)33(32-22)18-5-3-17(4-6-18)31-23(34)15-2-1-9-28-11-15/h1-14H,(H,31,34). The summed E-state index contributed by atoms with van der Waals surface area (Å²) >= 11 is 0. The summed E-state index contributed by atoms with van der Waals surface area (Å²) in [6.07, 6.45) is 2.76. The van der Waals surface area contributed by atoms with Crippen LogP contribution in [0.3, 0.4) is 0 Å². The van der Waals surface area contributed by atoms with E-state index in [1.54, 1.807) is 54.7 Å². The molecule has 11 heteroatoms. The van der Waals surface area contributed by atoms with E-state index < -0.39 is 11.9 Å². The average Bonchev–Trinajstić information content (AvgIpc) is 3.53. The van der Waals surface area contributed by atoms with Crippen molar-refractivity contribution < 1.29 is 22.4 Å². The first-order valence-corrected chi connectivity index (χ1v) is 10.2. The Morgan fingerprint density at radius 2 is 1.66 bits per heavy atom. The smallest absolute Gasteiger partial charge is 0.435 e. The van der Waals surface area contributed by atoms with Crippen LogP contribution in [0.15, 0.2) is 90.1 Å². The van der Waals surface area contributed by atoms with Crippen molar-refractivity contribution in [2.75, 3.05) is 5.32 Å². The number of furan rings is 1. The van der Waals surface area contributed by atoms with Gasteiger partial charge in [-0.25, -0.2) is 14.6 Å². The molecule has 0 bridgehead atoms. The lowest BCUT2D eigenvalue weighted by atomic mass is 10.2. The predicted molar refractivity (Wildman–Crippen MR) is 119 cm³/mol. The molecule has 174 valence electrons. The van der Waals surface area contributed by atoms with E-state index in [1.165, 1.54) is 24.9 Å². The zero-order chi connectivity index (χ0) is 24.4. The van der Waals surface area contributed by atoms with Gasteiger partial charge in [-0.3, -0.25) is 9.78 Å². The van der Waals surface area contributed by atoms with Crippen molar-refractivity contribution in [2.45, 2.75) is 6.18 Å². The first kappa shape index (κ1) is 22.0. The fraction of sp³-hybridized carbons (Fsp3) is 0.0417. The van der Waals surface area contributed by atoms with E-state index in [-0.39, 0.29) is 17.4 Å². The number of nitrogens with zero attached hydrogens (tertiary/aromatic N) is 5. The van der Waals surface area contributed by atoms with Crippen LogP contribution in [0.2, 0.25) is 0 Å². The Balaban J connectivity index is 1.47. The first-order chi connectivity index (χ1) is 16.9. The van der Waals surface area contributed by atoms with Crippen molar-refractivity contribution in [2.24, 2.45) is 0 Å². The third kappa shape index (κ3) is 4.64. The second-order valence-corrected chi connectivity index (χ2v) is 7.36. The molecule has 8 nitrogen and oxygen atoms in total. The number of carbonyl (C=O) groups excluding carboxylic acids is 1. The lowest BCUT2D eigenvalue weighted by Gasteiger charge is -2.09. The van der Waals surface area contributed by atoms with E-state index in [2.05, 4.69) is 25.4 Å². The van der Waals surface area contributed by atoms with Crippen molar-refractivity contribution in [3.8, 4) is 28.5 Å². The monoisotopic (exact) mass is 476 g/mol. The topological polar surface area (TPSA) is 98.7 Å². The number of halogens is 3. The Morgan fingerprint density at radius 1 is 0.914 bits per heavy atom. The molecule has 4 heterocycles. The van der Waals surface area contributed by atoms with Gasteiger partial charge in [0.2, 0.25) is 0 Å². The Bertz CT molecular complexity index is 1460. The SMILES string of the molecule is O=C(Nc1ccc(-n2nc(C(F)(F)F)cc2-c2ccc(-c3cncnc3)o2)cc1)c1cccnc1. The van der Waals surface area contributed by atoms with E-state index in [0.29, 0.717) is 28.3 Å². The molecule has 5 aromatic rings. The number of benzene rings is 1. The number of carbonyl (C=O) groups is 1. The van der Waals surface area contributed by atoms with Crippen LogP contribution in [0.4, 0.5) is 18.9 Å². The summed E-state index contributed by atoms with van der Waals surface area (Å²) < 4.78 is 47.4. The van der Waals surface area contributed by atoms with Crippen LogP contribution in [-0.4, -0.2) is 30.6 Å². The Morgan fingerprint density at radius 3 is 2.34 bits per heavy atom. The minimum Gasteiger partial charge on any atom is -0.454 e. The minimum atomic E-state index is -4.65. The molecule has 0 unspecified atom stereocenters. The van der Waals surface area contributed by atoms with Gasteiger partial charge in [0.1, 0.15) is 17.8 Å². The number of pyridine rings is 1. The number of rotatable bonds is 5. The van der Waals surface area contributed by atoms with E-state index in [0.717, 1.165) is 10.7 Å². The third-order valence-electron chi connectivity index (χ3n) is 5.00. The second-order valence-electron chi connectivity index (χ2n) is 7.36.